The highest BCUT2D eigenvalue weighted by atomic mass is 35.5. The Morgan fingerprint density at radius 2 is 2.06 bits per heavy atom. The van der Waals surface area contributed by atoms with Gasteiger partial charge in [-0.15, -0.1) is 22.9 Å². The summed E-state index contributed by atoms with van der Waals surface area (Å²) in [6.45, 7) is 0. The predicted molar refractivity (Wildman–Crippen MR) is 68.2 cm³/mol. The van der Waals surface area contributed by atoms with E-state index in [2.05, 4.69) is 15.3 Å². The first-order valence-electron chi connectivity index (χ1n) is 5.26. The zero-order valence-corrected chi connectivity index (χ0v) is 10.5. The summed E-state index contributed by atoms with van der Waals surface area (Å²) in [6.07, 6.45) is 6.51. The lowest BCUT2D eigenvalue weighted by Crippen LogP contribution is -1.90. The van der Waals surface area contributed by atoms with Gasteiger partial charge in [0, 0.05) is 30.1 Å². The Hall–Kier alpha value is -0.930. The molecule has 2 heterocycles. The molecule has 0 spiro atoms. The number of rotatable bonds is 5. The normalized spacial score (nSPS) is 10.6. The van der Waals surface area contributed by atoms with Gasteiger partial charge in [-0.3, -0.25) is 4.98 Å². The minimum atomic E-state index is 0.706. The van der Waals surface area contributed by atoms with Crippen molar-refractivity contribution in [1.82, 2.24) is 9.97 Å². The van der Waals surface area contributed by atoms with Gasteiger partial charge >= 0.3 is 0 Å². The molecule has 0 N–H and O–H groups in total. The van der Waals surface area contributed by atoms with E-state index in [1.165, 1.54) is 5.56 Å². The van der Waals surface area contributed by atoms with Crippen molar-refractivity contribution in [2.75, 3.05) is 5.88 Å². The van der Waals surface area contributed by atoms with Crippen LogP contribution in [-0.2, 0) is 12.8 Å². The number of alkyl halides is 1. The van der Waals surface area contributed by atoms with E-state index in [-0.39, 0.29) is 0 Å². The van der Waals surface area contributed by atoms with Gasteiger partial charge in [-0.05, 0) is 30.5 Å². The Labute approximate surface area is 104 Å². The number of thiazole rings is 1. The van der Waals surface area contributed by atoms with Crippen molar-refractivity contribution in [2.24, 2.45) is 0 Å². The van der Waals surface area contributed by atoms with Crippen molar-refractivity contribution in [3.63, 3.8) is 0 Å². The van der Waals surface area contributed by atoms with Crippen LogP contribution < -0.4 is 0 Å². The Balaban J connectivity index is 1.97. The summed E-state index contributed by atoms with van der Waals surface area (Å²) in [6, 6.07) is 4.06. The first kappa shape index (κ1) is 11.6. The lowest BCUT2D eigenvalue weighted by Gasteiger charge is -1.96. The molecule has 2 aromatic heterocycles. The summed E-state index contributed by atoms with van der Waals surface area (Å²) < 4.78 is 0. The van der Waals surface area contributed by atoms with Crippen LogP contribution in [0.5, 0.6) is 0 Å². The molecule has 16 heavy (non-hydrogen) atoms. The van der Waals surface area contributed by atoms with Gasteiger partial charge in [0.1, 0.15) is 0 Å². The van der Waals surface area contributed by atoms with Crippen molar-refractivity contribution in [3.8, 4) is 0 Å². The van der Waals surface area contributed by atoms with Crippen molar-refractivity contribution in [3.05, 3.63) is 46.2 Å². The number of halogens is 1. The molecule has 0 aliphatic carbocycles. The van der Waals surface area contributed by atoms with Crippen LogP contribution in [0.15, 0.2) is 29.9 Å². The van der Waals surface area contributed by atoms with Crippen LogP contribution >= 0.6 is 22.9 Å². The summed E-state index contributed by atoms with van der Waals surface area (Å²) in [5.74, 6) is 0.706. The molecular formula is C12H13ClN2S. The second-order valence-corrected chi connectivity index (χ2v) is 4.88. The molecule has 0 aromatic carbocycles. The van der Waals surface area contributed by atoms with Crippen molar-refractivity contribution < 1.29 is 0 Å². The lowest BCUT2D eigenvalue weighted by molar-refractivity contribution is 0.889. The maximum Gasteiger partial charge on any atom is 0.0972 e. The summed E-state index contributed by atoms with van der Waals surface area (Å²) in [5, 5.41) is 3.29. The fourth-order valence-corrected chi connectivity index (χ4v) is 2.46. The van der Waals surface area contributed by atoms with E-state index >= 15 is 0 Å². The van der Waals surface area contributed by atoms with Gasteiger partial charge in [0.15, 0.2) is 0 Å². The van der Waals surface area contributed by atoms with E-state index in [9.17, 15) is 0 Å². The highest BCUT2D eigenvalue weighted by Gasteiger charge is 2.02. The highest BCUT2D eigenvalue weighted by molar-refractivity contribution is 7.09. The summed E-state index contributed by atoms with van der Waals surface area (Å²) >= 11 is 7.38. The molecule has 0 bridgehead atoms. The molecular weight excluding hydrogens is 240 g/mol. The van der Waals surface area contributed by atoms with Gasteiger partial charge in [-0.2, -0.15) is 0 Å². The average molecular weight is 253 g/mol. The molecule has 4 heteroatoms. The van der Waals surface area contributed by atoms with Gasteiger partial charge in [-0.25, -0.2) is 4.98 Å². The first-order chi connectivity index (χ1) is 7.88. The average Bonchev–Trinajstić information content (AvgIpc) is 2.75. The van der Waals surface area contributed by atoms with Crippen LogP contribution in [0.25, 0.3) is 0 Å². The van der Waals surface area contributed by atoms with Gasteiger partial charge in [-0.1, -0.05) is 0 Å². The monoisotopic (exact) mass is 252 g/mol. The molecule has 0 saturated carbocycles. The Kier molecular flexibility index (Phi) is 4.31. The third-order valence-electron chi connectivity index (χ3n) is 2.27. The predicted octanol–water partition coefficient (Wildman–Crippen LogP) is 3.30. The van der Waals surface area contributed by atoms with Crippen molar-refractivity contribution in [2.45, 2.75) is 19.3 Å². The van der Waals surface area contributed by atoms with E-state index in [4.69, 9.17) is 11.6 Å². The number of hydrogen-bond donors (Lipinski definition) is 0. The van der Waals surface area contributed by atoms with Crippen molar-refractivity contribution >= 4 is 22.9 Å². The van der Waals surface area contributed by atoms with Crippen LogP contribution in [-0.4, -0.2) is 15.8 Å². The number of nitrogens with zero attached hydrogens (tertiary/aromatic N) is 2. The summed E-state index contributed by atoms with van der Waals surface area (Å²) in [4.78, 5) is 8.58. The van der Waals surface area contributed by atoms with Gasteiger partial charge in [0.25, 0.3) is 0 Å². The Bertz CT molecular complexity index is 428. The minimum absolute atomic E-state index is 0.706. The number of pyridine rings is 1. The van der Waals surface area contributed by atoms with Gasteiger partial charge < -0.3 is 0 Å². The van der Waals surface area contributed by atoms with Gasteiger partial charge in [0.05, 0.1) is 10.7 Å². The highest BCUT2D eigenvalue weighted by Crippen LogP contribution is 2.15. The molecule has 0 aliphatic rings. The molecule has 84 valence electrons. The van der Waals surface area contributed by atoms with E-state index in [0.29, 0.717) is 5.88 Å². The zero-order valence-electron chi connectivity index (χ0n) is 8.90. The second-order valence-electron chi connectivity index (χ2n) is 3.56. The third kappa shape index (κ3) is 3.29. The third-order valence-corrected chi connectivity index (χ3v) is 3.44. The van der Waals surface area contributed by atoms with Crippen LogP contribution in [0.3, 0.4) is 0 Å². The molecule has 0 unspecified atom stereocenters. The molecule has 0 fully saturated rings. The topological polar surface area (TPSA) is 25.8 Å². The largest absolute Gasteiger partial charge is 0.265 e. The SMILES string of the molecule is ClCCCc1csc(Cc2ccncc2)n1. The van der Waals surface area contributed by atoms with E-state index in [0.717, 1.165) is 30.0 Å². The van der Waals surface area contributed by atoms with E-state index in [1.54, 1.807) is 11.3 Å². The number of hydrogen-bond acceptors (Lipinski definition) is 3. The standard InChI is InChI=1S/C12H13ClN2S/c13-5-1-2-11-9-16-12(15-11)8-10-3-6-14-7-4-10/h3-4,6-7,9H,1-2,5,8H2. The van der Waals surface area contributed by atoms with Crippen LogP contribution in [0.4, 0.5) is 0 Å². The summed E-state index contributed by atoms with van der Waals surface area (Å²) in [7, 11) is 0. The molecule has 0 aliphatic heterocycles. The van der Waals surface area contributed by atoms with E-state index < -0.39 is 0 Å². The molecule has 0 atom stereocenters. The first-order valence-corrected chi connectivity index (χ1v) is 6.68. The van der Waals surface area contributed by atoms with Crippen molar-refractivity contribution in [1.29, 1.82) is 0 Å². The fourth-order valence-electron chi connectivity index (χ4n) is 1.47. The second kappa shape index (κ2) is 5.97. The fraction of sp³-hybridized carbons (Fsp3) is 0.333. The summed E-state index contributed by atoms with van der Waals surface area (Å²) in [5.41, 5.74) is 2.42. The van der Waals surface area contributed by atoms with E-state index in [1.807, 2.05) is 24.5 Å². The molecule has 0 saturated heterocycles. The quantitative estimate of drug-likeness (QED) is 0.763. The van der Waals surface area contributed by atoms with Crippen LogP contribution in [0, 0.1) is 0 Å². The maximum absolute atomic E-state index is 5.66. The molecule has 2 rings (SSSR count). The molecule has 2 nitrogen and oxygen atoms in total. The minimum Gasteiger partial charge on any atom is -0.265 e. The van der Waals surface area contributed by atoms with Gasteiger partial charge in [0.2, 0.25) is 0 Å². The van der Waals surface area contributed by atoms with Crippen LogP contribution in [0.2, 0.25) is 0 Å². The molecule has 2 aromatic rings. The molecule has 0 amide bonds. The lowest BCUT2D eigenvalue weighted by atomic mass is 10.2. The number of aryl methyl sites for hydroxylation is 1. The smallest absolute Gasteiger partial charge is 0.0972 e. The zero-order chi connectivity index (χ0) is 11.2. The maximum atomic E-state index is 5.66. The van der Waals surface area contributed by atoms with Crippen LogP contribution in [0.1, 0.15) is 22.7 Å². The number of aromatic nitrogens is 2. The Morgan fingerprint density at radius 3 is 2.81 bits per heavy atom. The molecule has 0 radical (unpaired) electrons. The Morgan fingerprint density at radius 1 is 1.25 bits per heavy atom.